The highest BCUT2D eigenvalue weighted by Gasteiger charge is 2.28. The van der Waals surface area contributed by atoms with Gasteiger partial charge in [-0.1, -0.05) is 41.9 Å². The molecule has 1 heterocycles. The highest BCUT2D eigenvalue weighted by atomic mass is 35.5. The van der Waals surface area contributed by atoms with E-state index in [9.17, 15) is 19.5 Å². The van der Waals surface area contributed by atoms with Crippen LogP contribution in [-0.2, 0) is 31.2 Å². The van der Waals surface area contributed by atoms with Gasteiger partial charge in [0.2, 0.25) is 5.91 Å². The summed E-state index contributed by atoms with van der Waals surface area (Å²) in [6, 6.07) is 13.9. The molecule has 0 saturated heterocycles. The number of hydrogen-bond acceptors (Lipinski definition) is 5. The number of phenolic OH excluding ortho intramolecular Hbond substituents is 1. The maximum absolute atomic E-state index is 12.8. The van der Waals surface area contributed by atoms with Crippen LogP contribution in [0.1, 0.15) is 53.2 Å². The van der Waals surface area contributed by atoms with Crippen molar-refractivity contribution in [2.45, 2.75) is 51.1 Å². The number of aromatic nitrogens is 1. The number of nitrogens with zero attached hydrogens (tertiary/aromatic N) is 1. The van der Waals surface area contributed by atoms with Crippen molar-refractivity contribution >= 4 is 29.5 Å². The zero-order valence-electron chi connectivity index (χ0n) is 21.8. The third-order valence-electron chi connectivity index (χ3n) is 6.26. The van der Waals surface area contributed by atoms with Crippen molar-refractivity contribution in [1.82, 2.24) is 16.0 Å². The predicted molar refractivity (Wildman–Crippen MR) is 144 cm³/mol. The number of hydrogen-bond donors (Lipinski definition) is 5. The van der Waals surface area contributed by atoms with Crippen LogP contribution in [0.4, 0.5) is 4.79 Å². The monoisotopic (exact) mass is 557 g/mol. The van der Waals surface area contributed by atoms with Crippen LogP contribution in [0.15, 0.2) is 59.2 Å². The summed E-state index contributed by atoms with van der Waals surface area (Å²) >= 11 is 6.02. The van der Waals surface area contributed by atoms with Crippen molar-refractivity contribution in [1.29, 1.82) is 0 Å². The number of rotatable bonds is 14. The Balaban J connectivity index is 1.63. The molecule has 1 aromatic heterocycles. The summed E-state index contributed by atoms with van der Waals surface area (Å²) in [6.07, 6.45) is 3.01. The fourth-order valence-corrected chi connectivity index (χ4v) is 4.33. The SMILES string of the molecule is C[n+]1c(C(=O)NCc2cccc(Cl)c2)coc1CC(CCc1ccccc1O)NC(=O)CCCCNC(=O)O. The van der Waals surface area contributed by atoms with Gasteiger partial charge in [0.05, 0.1) is 6.42 Å². The molecule has 0 radical (unpaired) electrons. The highest BCUT2D eigenvalue weighted by molar-refractivity contribution is 6.30. The van der Waals surface area contributed by atoms with E-state index in [1.54, 1.807) is 35.9 Å². The van der Waals surface area contributed by atoms with Crippen LogP contribution in [0.25, 0.3) is 0 Å². The first-order valence-corrected chi connectivity index (χ1v) is 13.1. The largest absolute Gasteiger partial charge is 0.508 e. The predicted octanol–water partition coefficient (Wildman–Crippen LogP) is 3.49. The Morgan fingerprint density at radius 3 is 2.62 bits per heavy atom. The zero-order chi connectivity index (χ0) is 28.2. The molecule has 0 aliphatic rings. The first-order valence-electron chi connectivity index (χ1n) is 12.7. The number of unbranched alkanes of at least 4 members (excludes halogenated alkanes) is 1. The number of carbonyl (C=O) groups excluding carboxylic acids is 2. The molecule has 0 bridgehead atoms. The number of halogens is 1. The Morgan fingerprint density at radius 1 is 1.08 bits per heavy atom. The number of para-hydroxylation sites is 1. The molecule has 11 heteroatoms. The maximum atomic E-state index is 12.8. The number of aromatic hydroxyl groups is 1. The van der Waals surface area contributed by atoms with Crippen LogP contribution in [0.2, 0.25) is 5.02 Å². The number of benzene rings is 2. The van der Waals surface area contributed by atoms with Crippen LogP contribution in [0.3, 0.4) is 0 Å². The Bertz CT molecular complexity index is 1280. The zero-order valence-corrected chi connectivity index (χ0v) is 22.5. The first kappa shape index (κ1) is 29.5. The molecule has 0 saturated carbocycles. The molecule has 3 rings (SSSR count). The lowest BCUT2D eigenvalue weighted by molar-refractivity contribution is -0.684. The van der Waals surface area contributed by atoms with Gasteiger partial charge in [-0.15, -0.1) is 0 Å². The molecule has 0 spiro atoms. The third-order valence-corrected chi connectivity index (χ3v) is 6.50. The second kappa shape index (κ2) is 14.8. The number of phenols is 1. The van der Waals surface area contributed by atoms with Gasteiger partial charge in [-0.05, 0) is 55.0 Å². The average Bonchev–Trinajstić information content (AvgIpc) is 3.26. The van der Waals surface area contributed by atoms with Crippen LogP contribution in [-0.4, -0.2) is 40.7 Å². The summed E-state index contributed by atoms with van der Waals surface area (Å²) in [5.74, 6) is 0.227. The third kappa shape index (κ3) is 9.64. The molecule has 3 amide bonds. The fraction of sp³-hybridized carbons (Fsp3) is 0.357. The molecule has 10 nitrogen and oxygen atoms in total. The van der Waals surface area contributed by atoms with Crippen molar-refractivity contribution in [3.63, 3.8) is 0 Å². The van der Waals surface area contributed by atoms with Crippen molar-refractivity contribution in [2.75, 3.05) is 6.54 Å². The number of carbonyl (C=O) groups is 3. The standard InChI is InChI=1S/C28H33ClN4O6/c1-33-23(27(36)31-17-19-7-6-9-21(29)15-19)18-39-26(33)16-22(13-12-20-8-2-3-10-24(20)34)32-25(35)11-4-5-14-30-28(37)38/h2-3,6-10,15,18,22,30H,4-5,11-14,16-17H2,1H3,(H3-,31,32,34,35,36,37,38)/p+1. The lowest BCUT2D eigenvalue weighted by Gasteiger charge is -2.17. The molecule has 5 N–H and O–H groups in total. The van der Waals surface area contributed by atoms with Crippen molar-refractivity contribution in [3.8, 4) is 5.75 Å². The summed E-state index contributed by atoms with van der Waals surface area (Å²) < 4.78 is 7.38. The quantitative estimate of drug-likeness (QED) is 0.151. The minimum absolute atomic E-state index is 0.165. The minimum Gasteiger partial charge on any atom is -0.508 e. The molecule has 0 aliphatic carbocycles. The number of aryl methyl sites for hydroxylation is 1. The fourth-order valence-electron chi connectivity index (χ4n) is 4.12. The van der Waals surface area contributed by atoms with E-state index in [4.69, 9.17) is 21.1 Å². The van der Waals surface area contributed by atoms with Gasteiger partial charge in [-0.25, -0.2) is 4.79 Å². The highest BCUT2D eigenvalue weighted by Crippen LogP contribution is 2.19. The minimum atomic E-state index is -1.09. The van der Waals surface area contributed by atoms with E-state index in [0.717, 1.165) is 11.1 Å². The normalized spacial score (nSPS) is 11.5. The van der Waals surface area contributed by atoms with Gasteiger partial charge in [0.1, 0.15) is 12.8 Å². The second-order valence-electron chi connectivity index (χ2n) is 9.21. The van der Waals surface area contributed by atoms with E-state index in [-0.39, 0.29) is 36.6 Å². The molecule has 0 aliphatic heterocycles. The Hall–Kier alpha value is -4.05. The molecule has 1 atom stereocenters. The Morgan fingerprint density at radius 2 is 1.87 bits per heavy atom. The van der Waals surface area contributed by atoms with E-state index < -0.39 is 6.09 Å². The van der Waals surface area contributed by atoms with Gasteiger partial charge < -0.3 is 30.6 Å². The average molecular weight is 558 g/mol. The van der Waals surface area contributed by atoms with Crippen LogP contribution in [0, 0.1) is 0 Å². The molecule has 39 heavy (non-hydrogen) atoms. The van der Waals surface area contributed by atoms with E-state index in [2.05, 4.69) is 16.0 Å². The summed E-state index contributed by atoms with van der Waals surface area (Å²) in [6.45, 7) is 0.588. The number of carboxylic acid groups (broad SMARTS) is 1. The lowest BCUT2D eigenvalue weighted by Crippen LogP contribution is -2.44. The smallest absolute Gasteiger partial charge is 0.404 e. The molecule has 208 valence electrons. The molecule has 0 fully saturated rings. The van der Waals surface area contributed by atoms with Gasteiger partial charge in [-0.2, -0.15) is 4.57 Å². The van der Waals surface area contributed by atoms with Gasteiger partial charge >= 0.3 is 23.6 Å². The van der Waals surface area contributed by atoms with Gasteiger partial charge in [0.25, 0.3) is 0 Å². The number of amides is 3. The van der Waals surface area contributed by atoms with Crippen molar-refractivity contribution in [3.05, 3.63) is 82.5 Å². The van der Waals surface area contributed by atoms with Gasteiger partial charge in [0, 0.05) is 30.6 Å². The van der Waals surface area contributed by atoms with Crippen LogP contribution >= 0.6 is 11.6 Å². The van der Waals surface area contributed by atoms with Gasteiger partial charge in [-0.3, -0.25) is 9.59 Å². The Kier molecular flexibility index (Phi) is 11.2. The molecule has 1 unspecified atom stereocenters. The summed E-state index contributed by atoms with van der Waals surface area (Å²) in [5.41, 5.74) is 1.97. The van der Waals surface area contributed by atoms with E-state index >= 15 is 0 Å². The van der Waals surface area contributed by atoms with Crippen molar-refractivity contribution in [2.24, 2.45) is 7.05 Å². The molecular formula is C28H34ClN4O6+. The summed E-state index contributed by atoms with van der Waals surface area (Å²) in [5, 5.41) is 27.6. The van der Waals surface area contributed by atoms with Crippen molar-refractivity contribution < 1.29 is 33.6 Å². The molecular weight excluding hydrogens is 524 g/mol. The van der Waals surface area contributed by atoms with E-state index in [0.29, 0.717) is 55.3 Å². The topological polar surface area (TPSA) is 145 Å². The van der Waals surface area contributed by atoms with Crippen LogP contribution in [0.5, 0.6) is 5.75 Å². The summed E-state index contributed by atoms with van der Waals surface area (Å²) in [7, 11) is 1.73. The van der Waals surface area contributed by atoms with Gasteiger partial charge in [0.15, 0.2) is 6.26 Å². The van der Waals surface area contributed by atoms with E-state index in [1.807, 2.05) is 24.3 Å². The van der Waals surface area contributed by atoms with Crippen LogP contribution < -0.4 is 20.5 Å². The molecule has 3 aromatic rings. The lowest BCUT2D eigenvalue weighted by atomic mass is 10.0. The molecule has 2 aromatic carbocycles. The second-order valence-corrected chi connectivity index (χ2v) is 9.65. The Labute approximate surface area is 232 Å². The number of oxazole rings is 1. The first-order chi connectivity index (χ1) is 18.7. The summed E-state index contributed by atoms with van der Waals surface area (Å²) in [4.78, 5) is 36.0. The maximum Gasteiger partial charge on any atom is 0.404 e. The van der Waals surface area contributed by atoms with E-state index in [1.165, 1.54) is 6.26 Å². The number of nitrogens with one attached hydrogen (secondary N) is 3.